The average molecular weight is 306 g/mol. The van der Waals surface area contributed by atoms with Gasteiger partial charge in [-0.25, -0.2) is 0 Å². The normalized spacial score (nSPS) is 11.6. The van der Waals surface area contributed by atoms with Crippen LogP contribution in [0.3, 0.4) is 0 Å². The van der Waals surface area contributed by atoms with Crippen molar-refractivity contribution in [2.24, 2.45) is 0 Å². The van der Waals surface area contributed by atoms with Crippen LogP contribution in [0.4, 0.5) is 0 Å². The molecule has 1 rings (SSSR count). The van der Waals surface area contributed by atoms with Crippen LogP contribution >= 0.6 is 0 Å². The number of rotatable bonds is 11. The molecule has 0 amide bonds. The monoisotopic (exact) mass is 306 g/mol. The molecule has 0 N–H and O–H groups in total. The van der Waals surface area contributed by atoms with Gasteiger partial charge in [0.25, 0.3) is 0 Å². The molecule has 0 aliphatic carbocycles. The summed E-state index contributed by atoms with van der Waals surface area (Å²) in [5, 5.41) is 0. The summed E-state index contributed by atoms with van der Waals surface area (Å²) in [5.41, 5.74) is 1.84. The first-order valence-corrected chi connectivity index (χ1v) is 8.49. The van der Waals surface area contributed by atoms with Gasteiger partial charge in [-0.2, -0.15) is 0 Å². The highest BCUT2D eigenvalue weighted by atomic mass is 28.2. The topological polar surface area (TPSA) is 27.7 Å². The summed E-state index contributed by atoms with van der Waals surface area (Å²) in [6, 6.07) is 8.25. The van der Waals surface area contributed by atoms with Crippen molar-refractivity contribution >= 4 is 15.8 Å². The van der Waals surface area contributed by atoms with Crippen molar-refractivity contribution in [2.45, 2.75) is 39.0 Å². The van der Waals surface area contributed by atoms with E-state index in [0.29, 0.717) is 19.8 Å². The van der Waals surface area contributed by atoms with Gasteiger partial charge in [0.2, 0.25) is 0 Å². The first-order valence-electron chi connectivity index (χ1n) is 7.58. The fraction of sp³-hybridized carbons (Fsp3) is 0.529. The van der Waals surface area contributed by atoms with Crippen LogP contribution in [0.5, 0.6) is 0 Å². The fourth-order valence-electron chi connectivity index (χ4n) is 2.13. The summed E-state index contributed by atoms with van der Waals surface area (Å²) in [7, 11) is 0.186. The summed E-state index contributed by atoms with van der Waals surface area (Å²) in [6.07, 6.45) is 3.54. The smallest absolute Gasteiger partial charge is 0.304 e. The second kappa shape index (κ2) is 9.90. The SMILES string of the molecule is C=Cc1ccccc1CCO[Si]C(CC)(OCC)OCC. The highest BCUT2D eigenvalue weighted by Gasteiger charge is 2.31. The molecule has 1 aromatic carbocycles. The lowest BCUT2D eigenvalue weighted by molar-refractivity contribution is -0.183. The van der Waals surface area contributed by atoms with Gasteiger partial charge in [0.1, 0.15) is 0 Å². The van der Waals surface area contributed by atoms with Crippen molar-refractivity contribution in [2.75, 3.05) is 19.8 Å². The molecule has 0 saturated carbocycles. The Morgan fingerprint density at radius 1 is 1.14 bits per heavy atom. The van der Waals surface area contributed by atoms with Gasteiger partial charge in [0.05, 0.1) is 0 Å². The van der Waals surface area contributed by atoms with E-state index in [1.54, 1.807) is 0 Å². The predicted molar refractivity (Wildman–Crippen MR) is 88.2 cm³/mol. The van der Waals surface area contributed by atoms with Crippen LogP contribution in [-0.4, -0.2) is 35.0 Å². The summed E-state index contributed by atoms with van der Waals surface area (Å²) >= 11 is 0. The molecule has 0 aliphatic rings. The lowest BCUT2D eigenvalue weighted by Gasteiger charge is -2.30. The second-order valence-corrected chi connectivity index (χ2v) is 5.83. The van der Waals surface area contributed by atoms with Crippen molar-refractivity contribution in [1.29, 1.82) is 0 Å². The van der Waals surface area contributed by atoms with Gasteiger partial charge < -0.3 is 13.9 Å². The quantitative estimate of drug-likeness (QED) is 0.355. The summed E-state index contributed by atoms with van der Waals surface area (Å²) < 4.78 is 17.4. The zero-order valence-corrected chi connectivity index (χ0v) is 14.4. The molecule has 21 heavy (non-hydrogen) atoms. The first-order chi connectivity index (χ1) is 10.2. The van der Waals surface area contributed by atoms with E-state index in [4.69, 9.17) is 13.9 Å². The molecule has 4 heteroatoms. The van der Waals surface area contributed by atoms with Crippen molar-refractivity contribution in [1.82, 2.24) is 0 Å². The Morgan fingerprint density at radius 2 is 1.81 bits per heavy atom. The van der Waals surface area contributed by atoms with Crippen molar-refractivity contribution < 1.29 is 13.9 Å². The van der Waals surface area contributed by atoms with Gasteiger partial charge in [-0.15, -0.1) is 0 Å². The third kappa shape index (κ3) is 5.75. The largest absolute Gasteiger partial charge is 0.412 e. The summed E-state index contributed by atoms with van der Waals surface area (Å²) in [5.74, 6) is 0. The maximum atomic E-state index is 5.84. The molecule has 0 atom stereocenters. The number of benzene rings is 1. The van der Waals surface area contributed by atoms with E-state index in [-0.39, 0.29) is 9.76 Å². The van der Waals surface area contributed by atoms with E-state index in [0.717, 1.165) is 12.8 Å². The van der Waals surface area contributed by atoms with Crippen LogP contribution in [0.25, 0.3) is 6.08 Å². The van der Waals surface area contributed by atoms with Crippen molar-refractivity contribution in [3.63, 3.8) is 0 Å². The molecule has 0 saturated heterocycles. The Bertz CT molecular complexity index is 414. The number of hydrogen-bond donors (Lipinski definition) is 0. The summed E-state index contributed by atoms with van der Waals surface area (Å²) in [4.78, 5) is 0. The highest BCUT2D eigenvalue weighted by Crippen LogP contribution is 2.17. The van der Waals surface area contributed by atoms with Crippen molar-refractivity contribution in [3.8, 4) is 0 Å². The Labute approximate surface area is 131 Å². The Morgan fingerprint density at radius 3 is 2.38 bits per heavy atom. The molecule has 0 heterocycles. The number of hydrogen-bond acceptors (Lipinski definition) is 3. The minimum Gasteiger partial charge on any atom is -0.412 e. The molecular weight excluding hydrogens is 280 g/mol. The Kier molecular flexibility index (Phi) is 8.53. The second-order valence-electron chi connectivity index (χ2n) is 4.58. The van der Waals surface area contributed by atoms with E-state index >= 15 is 0 Å². The molecule has 0 spiro atoms. The van der Waals surface area contributed by atoms with Crippen LogP contribution < -0.4 is 0 Å². The van der Waals surface area contributed by atoms with Gasteiger partial charge in [-0.05, 0) is 37.8 Å². The molecule has 0 bridgehead atoms. The third-order valence-corrected chi connectivity index (χ3v) is 4.50. The molecule has 0 unspecified atom stereocenters. The van der Waals surface area contributed by atoms with E-state index in [1.807, 2.05) is 32.1 Å². The first kappa shape index (κ1) is 18.1. The molecule has 0 aliphatic heterocycles. The van der Waals surface area contributed by atoms with Crippen LogP contribution in [0.2, 0.25) is 0 Å². The van der Waals surface area contributed by atoms with E-state index in [1.165, 1.54) is 11.1 Å². The van der Waals surface area contributed by atoms with Crippen LogP contribution in [0.1, 0.15) is 38.3 Å². The molecular formula is C17H26O3Si. The maximum absolute atomic E-state index is 5.84. The van der Waals surface area contributed by atoms with Crippen LogP contribution in [-0.2, 0) is 20.3 Å². The Hall–Kier alpha value is -0.943. The van der Waals surface area contributed by atoms with Gasteiger partial charge in [-0.3, -0.25) is 0 Å². The predicted octanol–water partition coefficient (Wildman–Crippen LogP) is 3.64. The lowest BCUT2D eigenvalue weighted by atomic mass is 10.1. The minimum absolute atomic E-state index is 0.186. The summed E-state index contributed by atoms with van der Waals surface area (Å²) in [6.45, 7) is 11.8. The van der Waals surface area contributed by atoms with E-state index in [9.17, 15) is 0 Å². The van der Waals surface area contributed by atoms with E-state index in [2.05, 4.69) is 25.6 Å². The maximum Gasteiger partial charge on any atom is 0.304 e. The molecule has 2 radical (unpaired) electrons. The minimum atomic E-state index is -0.582. The van der Waals surface area contributed by atoms with E-state index < -0.39 is 5.41 Å². The Balaban J connectivity index is 2.48. The lowest BCUT2D eigenvalue weighted by Crippen LogP contribution is -2.43. The molecule has 0 aromatic heterocycles. The standard InChI is InChI=1S/C17H26O3Si/c1-5-15-11-9-10-12-16(15)13-14-20-21-17(6-2,18-7-3)19-8-4/h5,9-12H,1,6-8,13-14H2,2-4H3. The highest BCUT2D eigenvalue weighted by molar-refractivity contribution is 6.31. The van der Waals surface area contributed by atoms with Crippen LogP contribution in [0.15, 0.2) is 30.8 Å². The van der Waals surface area contributed by atoms with Crippen LogP contribution in [0, 0.1) is 0 Å². The molecule has 0 fully saturated rings. The molecule has 1 aromatic rings. The fourth-order valence-corrected chi connectivity index (χ4v) is 3.10. The molecule has 3 nitrogen and oxygen atoms in total. The zero-order chi connectivity index (χ0) is 15.6. The third-order valence-electron chi connectivity index (χ3n) is 3.20. The van der Waals surface area contributed by atoms with Gasteiger partial charge in [0.15, 0.2) is 5.41 Å². The van der Waals surface area contributed by atoms with Gasteiger partial charge in [-0.1, -0.05) is 43.8 Å². The average Bonchev–Trinajstić information content (AvgIpc) is 2.52. The van der Waals surface area contributed by atoms with Gasteiger partial charge >= 0.3 is 9.76 Å². The van der Waals surface area contributed by atoms with Gasteiger partial charge in [0, 0.05) is 19.8 Å². The zero-order valence-electron chi connectivity index (χ0n) is 13.4. The van der Waals surface area contributed by atoms with Crippen molar-refractivity contribution in [3.05, 3.63) is 42.0 Å². The molecule has 116 valence electrons. The number of ether oxygens (including phenoxy) is 2.